The topological polar surface area (TPSA) is 184 Å². The van der Waals surface area contributed by atoms with Crippen LogP contribution in [0.1, 0.15) is 37.6 Å². The summed E-state index contributed by atoms with van der Waals surface area (Å²) in [5, 5.41) is 23.2. The Morgan fingerprint density at radius 2 is 1.87 bits per heavy atom. The van der Waals surface area contributed by atoms with Gasteiger partial charge in [-0.3, -0.25) is 9.89 Å². The Labute approximate surface area is 259 Å². The van der Waals surface area contributed by atoms with Crippen molar-refractivity contribution in [3.8, 4) is 17.3 Å². The van der Waals surface area contributed by atoms with Crippen molar-refractivity contribution < 1.29 is 13.9 Å². The molecular weight excluding hydrogens is 574 g/mol. The van der Waals surface area contributed by atoms with Crippen LogP contribution in [-0.2, 0) is 4.79 Å². The molecule has 0 bridgehead atoms. The molecule has 0 saturated carbocycles. The smallest absolute Gasteiger partial charge is 0.224 e. The third kappa shape index (κ3) is 8.92. The summed E-state index contributed by atoms with van der Waals surface area (Å²) >= 11 is 0. The first kappa shape index (κ1) is 30.8. The molecule has 1 amide bonds. The van der Waals surface area contributed by atoms with E-state index < -0.39 is 0 Å². The molecule has 0 saturated heterocycles. The van der Waals surface area contributed by atoms with Crippen LogP contribution in [0.15, 0.2) is 80.3 Å². The Bertz CT molecular complexity index is 1770. The molecule has 2 aliphatic heterocycles. The molecule has 2 aromatic carbocycles. The van der Waals surface area contributed by atoms with Gasteiger partial charge in [-0.25, -0.2) is 20.0 Å². The van der Waals surface area contributed by atoms with E-state index in [1.54, 1.807) is 31.1 Å². The Kier molecular flexibility index (Phi) is 10.4. The van der Waals surface area contributed by atoms with E-state index in [1.807, 2.05) is 63.2 Å². The lowest BCUT2D eigenvalue weighted by Gasteiger charge is -2.16. The number of ether oxygens (including phenoxy) is 1. The van der Waals surface area contributed by atoms with Gasteiger partial charge in [-0.15, -0.1) is 0 Å². The number of aromatic nitrogens is 6. The van der Waals surface area contributed by atoms with Crippen LogP contribution in [0.5, 0.6) is 5.75 Å². The van der Waals surface area contributed by atoms with E-state index >= 15 is 0 Å². The number of aliphatic imine (C=N–C) groups is 3. The van der Waals surface area contributed by atoms with Crippen LogP contribution in [0, 0.1) is 13.8 Å². The minimum Gasteiger partial charge on any atom is -0.494 e. The van der Waals surface area contributed by atoms with Crippen molar-refractivity contribution in [2.75, 3.05) is 11.9 Å². The average molecular weight is 610 g/mol. The van der Waals surface area contributed by atoms with E-state index in [2.05, 4.69) is 56.2 Å². The molecule has 2 atom stereocenters. The second-order valence-corrected chi connectivity index (χ2v) is 10.3. The first-order valence-corrected chi connectivity index (χ1v) is 14.5. The molecule has 3 aromatic heterocycles. The zero-order valence-corrected chi connectivity index (χ0v) is 25.3. The van der Waals surface area contributed by atoms with Crippen molar-refractivity contribution in [2.45, 2.75) is 52.2 Å². The van der Waals surface area contributed by atoms with Gasteiger partial charge in [0, 0.05) is 17.8 Å². The summed E-state index contributed by atoms with van der Waals surface area (Å²) in [5.41, 5.74) is 4.48. The summed E-state index contributed by atoms with van der Waals surface area (Å²) in [5.74, 6) is 2.95. The number of nitrogens with one attached hydrogen (secondary N) is 4. The lowest BCUT2D eigenvalue weighted by molar-refractivity contribution is -0.116. The summed E-state index contributed by atoms with van der Waals surface area (Å²) in [7, 11) is 0. The molecule has 4 N–H and O–H groups in total. The monoisotopic (exact) mass is 609 g/mol. The molecular formula is C31H35N11O3. The van der Waals surface area contributed by atoms with Gasteiger partial charge in [0.15, 0.2) is 11.9 Å². The number of nitrogens with zero attached hydrogens (tertiary/aromatic N) is 7. The third-order valence-corrected chi connectivity index (χ3v) is 6.71. The number of fused-ring (bicyclic) bond motifs is 2. The fourth-order valence-electron chi connectivity index (χ4n) is 4.39. The van der Waals surface area contributed by atoms with Gasteiger partial charge < -0.3 is 19.8 Å². The van der Waals surface area contributed by atoms with Crippen molar-refractivity contribution in [1.82, 2.24) is 35.9 Å². The number of aryl methyl sites for hydroxylation is 2. The summed E-state index contributed by atoms with van der Waals surface area (Å²) < 4.78 is 10.8. The van der Waals surface area contributed by atoms with Crippen molar-refractivity contribution in [2.24, 2.45) is 15.0 Å². The van der Waals surface area contributed by atoms with E-state index in [0.29, 0.717) is 24.6 Å². The molecule has 0 radical (unpaired) electrons. The van der Waals surface area contributed by atoms with Crippen LogP contribution in [0.25, 0.3) is 22.6 Å². The minimum absolute atomic E-state index is 0.00611. The summed E-state index contributed by atoms with van der Waals surface area (Å²) in [6.07, 6.45) is 6.98. The van der Waals surface area contributed by atoms with Crippen molar-refractivity contribution >= 4 is 41.0 Å². The third-order valence-electron chi connectivity index (χ3n) is 6.71. The number of aromatic amines is 2. The van der Waals surface area contributed by atoms with E-state index in [-0.39, 0.29) is 18.1 Å². The fraction of sp³-hybridized carbons (Fsp3) is 0.290. The molecule has 45 heavy (non-hydrogen) atoms. The second-order valence-electron chi connectivity index (χ2n) is 10.3. The number of unbranched alkanes of at least 4 members (excludes halogenated alkanes) is 1. The lowest BCUT2D eigenvalue weighted by atomic mass is 10.1. The van der Waals surface area contributed by atoms with Gasteiger partial charge in [0.05, 0.1) is 19.2 Å². The Morgan fingerprint density at radius 3 is 2.64 bits per heavy atom. The number of hydrogen-bond acceptors (Lipinski definition) is 11. The van der Waals surface area contributed by atoms with Gasteiger partial charge in [-0.1, -0.05) is 12.1 Å². The maximum Gasteiger partial charge on any atom is 0.224 e. The molecule has 5 aromatic rings. The summed E-state index contributed by atoms with van der Waals surface area (Å²) in [4.78, 5) is 28.3. The van der Waals surface area contributed by atoms with Gasteiger partial charge >= 0.3 is 0 Å². The molecule has 0 fully saturated rings. The quantitative estimate of drug-likeness (QED) is 0.183. The van der Waals surface area contributed by atoms with Crippen LogP contribution < -0.4 is 15.4 Å². The van der Waals surface area contributed by atoms with E-state index in [9.17, 15) is 4.79 Å². The summed E-state index contributed by atoms with van der Waals surface area (Å²) in [6.45, 7) is 6.47. The number of carbonyl (C=O) groups excluding carboxylic acids is 1. The van der Waals surface area contributed by atoms with Gasteiger partial charge in [-0.2, -0.15) is 20.5 Å². The molecule has 7 rings (SSSR count). The normalized spacial score (nSPS) is 16.0. The maximum atomic E-state index is 12.0. The molecule has 14 nitrogen and oxygen atoms in total. The highest BCUT2D eigenvalue weighted by Gasteiger charge is 2.26. The molecule has 2 unspecified atom stereocenters. The van der Waals surface area contributed by atoms with Crippen LogP contribution in [-0.4, -0.2) is 73.7 Å². The number of furan rings is 1. The molecule has 5 heterocycles. The van der Waals surface area contributed by atoms with Crippen LogP contribution in [0.3, 0.4) is 0 Å². The zero-order chi connectivity index (χ0) is 31.4. The number of amides is 1. The first-order chi connectivity index (χ1) is 21.9. The second kappa shape index (κ2) is 15.2. The largest absolute Gasteiger partial charge is 0.494 e. The predicted octanol–water partition coefficient (Wildman–Crippen LogP) is 4.64. The number of hydrogen-bond donors (Lipinski definition) is 4. The maximum absolute atomic E-state index is 12.0. The van der Waals surface area contributed by atoms with E-state index in [1.165, 1.54) is 5.56 Å². The van der Waals surface area contributed by atoms with Crippen molar-refractivity contribution in [3.63, 3.8) is 0 Å². The lowest BCUT2D eigenvalue weighted by Crippen LogP contribution is -2.39. The van der Waals surface area contributed by atoms with Crippen LogP contribution in [0.2, 0.25) is 0 Å². The first-order valence-electron chi connectivity index (χ1n) is 14.5. The number of rotatable bonds is 8. The minimum atomic E-state index is -0.00611. The average Bonchev–Trinajstić information content (AvgIpc) is 3.86. The van der Waals surface area contributed by atoms with Gasteiger partial charge in [0.25, 0.3) is 0 Å². The standard InChI is InChI=1S/C18H20N4O2.C7H7N3O.C6H8N4/c1-13-5-4-6-15(11-13)24-10-3-2-7-18(23)19-14-8-9-16-17(12-14)21-22-20-16;1-5-8-7(10-9-5)6-3-2-4-11-6;1-4-5-6(9-2-7-4)10-3-8-5/h4-6,8-9,11-12H,2-3,7,10H2,1H3,(H,19,23)(H,20,21,22);2-4H,1H3,(H,8,9,10);2-3,5-6H,1H3,(H,8,10). The van der Waals surface area contributed by atoms with Crippen molar-refractivity contribution in [1.29, 1.82) is 0 Å². The molecule has 232 valence electrons. The van der Waals surface area contributed by atoms with Crippen molar-refractivity contribution in [3.05, 3.63) is 72.2 Å². The van der Waals surface area contributed by atoms with Gasteiger partial charge in [0.1, 0.15) is 35.0 Å². The van der Waals surface area contributed by atoms with E-state index in [0.717, 1.165) is 46.8 Å². The Morgan fingerprint density at radius 1 is 0.978 bits per heavy atom. The predicted molar refractivity (Wildman–Crippen MR) is 173 cm³/mol. The number of benzene rings is 2. The van der Waals surface area contributed by atoms with E-state index in [4.69, 9.17) is 9.15 Å². The highest BCUT2D eigenvalue weighted by atomic mass is 16.5. The van der Waals surface area contributed by atoms with Crippen LogP contribution in [0.4, 0.5) is 5.69 Å². The molecule has 0 aliphatic carbocycles. The fourth-order valence-corrected chi connectivity index (χ4v) is 4.39. The highest BCUT2D eigenvalue weighted by molar-refractivity contribution is 5.97. The SMILES string of the molecule is CC1=NC=NC2N=CNC12.Cc1cccc(OCCCCC(=O)Nc2ccc3n[nH]nc3c2)c1.Cc1nc(-c2ccco2)n[nH]1. The number of anilines is 1. The molecule has 0 spiro atoms. The Balaban J connectivity index is 0.000000156. The number of H-pyrrole nitrogens is 2. The molecule has 14 heteroatoms. The van der Waals surface area contributed by atoms with Gasteiger partial charge in [-0.05, 0) is 81.6 Å². The molecule has 2 aliphatic rings. The Hall–Kier alpha value is -5.66. The van der Waals surface area contributed by atoms with Crippen LogP contribution >= 0.6 is 0 Å². The zero-order valence-electron chi connectivity index (χ0n) is 25.3. The highest BCUT2D eigenvalue weighted by Crippen LogP contribution is 2.17. The van der Waals surface area contributed by atoms with Gasteiger partial charge in [0.2, 0.25) is 11.7 Å². The summed E-state index contributed by atoms with van der Waals surface area (Å²) in [6, 6.07) is 17.3. The number of carbonyl (C=O) groups is 1.